The summed E-state index contributed by atoms with van der Waals surface area (Å²) < 4.78 is 45.6. The third-order valence-electron chi connectivity index (χ3n) is 14.8. The molecule has 5 aliphatic rings. The molecule has 2 heterocycles. The van der Waals surface area contributed by atoms with Crippen LogP contribution >= 0.6 is 0 Å². The summed E-state index contributed by atoms with van der Waals surface area (Å²) in [6.07, 6.45) is -1.94. The molecule has 2 aliphatic heterocycles. The van der Waals surface area contributed by atoms with E-state index in [0.29, 0.717) is 30.8 Å². The third kappa shape index (κ3) is 7.82. The zero-order chi connectivity index (χ0) is 43.7. The molecule has 2 saturated heterocycles. The van der Waals surface area contributed by atoms with E-state index in [9.17, 15) is 15.0 Å². The van der Waals surface area contributed by atoms with Crippen molar-refractivity contribution in [2.45, 2.75) is 183 Å². The summed E-state index contributed by atoms with van der Waals surface area (Å²) in [7, 11) is 1.60. The predicted octanol–water partition coefficient (Wildman–Crippen LogP) is 8.88. The van der Waals surface area contributed by atoms with E-state index in [1.807, 2.05) is 66.7 Å². The first kappa shape index (κ1) is 46.0. The first-order valence-corrected chi connectivity index (χ1v) is 22.1. The van der Waals surface area contributed by atoms with Gasteiger partial charge in [0.15, 0.2) is 18.8 Å². The van der Waals surface area contributed by atoms with Gasteiger partial charge in [-0.3, -0.25) is 4.90 Å². The summed E-state index contributed by atoms with van der Waals surface area (Å²) in [6, 6.07) is 5.18. The minimum Gasteiger partial charge on any atom is -0.496 e. The fourth-order valence-electron chi connectivity index (χ4n) is 12.6. The minimum absolute atomic E-state index is 0.0313. The number of carbonyl (C=O) groups excluding carboxylic acids is 1. The van der Waals surface area contributed by atoms with Crippen molar-refractivity contribution < 1.29 is 48.2 Å². The molecule has 0 aromatic heterocycles. The van der Waals surface area contributed by atoms with E-state index in [-0.39, 0.29) is 47.9 Å². The fourth-order valence-corrected chi connectivity index (χ4v) is 12.6. The maximum absolute atomic E-state index is 14.2. The number of methoxy groups -OCH3 is 1. The number of aliphatic hydroxyl groups excluding tert-OH is 1. The largest absolute Gasteiger partial charge is 0.496 e. The number of carbonyl (C=O) groups is 1. The van der Waals surface area contributed by atoms with Gasteiger partial charge in [0.2, 0.25) is 0 Å². The van der Waals surface area contributed by atoms with Crippen LogP contribution in [0.15, 0.2) is 42.0 Å². The summed E-state index contributed by atoms with van der Waals surface area (Å²) in [5.74, 6) is 0.682. The van der Waals surface area contributed by atoms with Crippen LogP contribution in [-0.4, -0.2) is 95.3 Å². The van der Waals surface area contributed by atoms with Crippen LogP contribution < -0.4 is 4.74 Å². The molecule has 0 radical (unpaired) electrons. The number of amides is 1. The molecule has 6 rings (SSSR count). The van der Waals surface area contributed by atoms with E-state index in [0.717, 1.165) is 23.1 Å². The van der Waals surface area contributed by atoms with Crippen LogP contribution in [0.3, 0.4) is 0 Å². The minimum atomic E-state index is -1.44. The molecule has 3 unspecified atom stereocenters. The highest BCUT2D eigenvalue weighted by molar-refractivity contribution is 5.70. The van der Waals surface area contributed by atoms with E-state index in [2.05, 4.69) is 55.0 Å². The lowest BCUT2D eigenvalue weighted by molar-refractivity contribution is -0.327. The number of nitrogens with zero attached hydrogens (tertiary/aromatic N) is 1. The Bertz CT molecular complexity index is 1730. The van der Waals surface area contributed by atoms with Crippen molar-refractivity contribution in [3.05, 3.63) is 53.1 Å². The number of aryl methyl sites for hydroxylation is 1. The zero-order valence-corrected chi connectivity index (χ0v) is 38.5. The van der Waals surface area contributed by atoms with Crippen molar-refractivity contribution in [3.8, 4) is 5.75 Å². The van der Waals surface area contributed by atoms with Gasteiger partial charge >= 0.3 is 6.09 Å². The molecular formula is C48H75NO10. The number of hydrogen-bond donors (Lipinski definition) is 2. The van der Waals surface area contributed by atoms with Crippen LogP contribution in [0.1, 0.15) is 127 Å². The van der Waals surface area contributed by atoms with Crippen molar-refractivity contribution in [1.82, 2.24) is 4.90 Å². The SMILES string of the molecule is C=CC1O[C@H]2C[C@@H](OCC)[C@H](C)[C@H]3[C@H](C)[C@]4(C(C)(C)O)C[C@H](OC(O)[C@@H]5OC(c6ccc(C)cc6OC)N(C(=O)OC(C)(C)C)[C@H]5CC(C)C)C(C)=C4[C@H](C)[C@H](O1)[C@@]32C. The molecule has 0 bridgehead atoms. The second-order valence-electron chi connectivity index (χ2n) is 20.5. The van der Waals surface area contributed by atoms with Crippen molar-refractivity contribution in [1.29, 1.82) is 0 Å². The first-order chi connectivity index (χ1) is 27.5. The van der Waals surface area contributed by atoms with Crippen molar-refractivity contribution in [2.75, 3.05) is 13.7 Å². The fraction of sp³-hybridized carbons (Fsp3) is 0.771. The van der Waals surface area contributed by atoms with Crippen LogP contribution in [-0.2, 0) is 28.4 Å². The first-order valence-electron chi connectivity index (χ1n) is 22.1. The summed E-state index contributed by atoms with van der Waals surface area (Å²) in [6.45, 7) is 33.4. The van der Waals surface area contributed by atoms with Gasteiger partial charge in [0, 0.05) is 35.3 Å². The molecule has 1 aromatic carbocycles. The van der Waals surface area contributed by atoms with Gasteiger partial charge in [-0.05, 0) is 115 Å². The van der Waals surface area contributed by atoms with Gasteiger partial charge < -0.3 is 43.4 Å². The van der Waals surface area contributed by atoms with Gasteiger partial charge in [-0.2, -0.15) is 0 Å². The average Bonchev–Trinajstić information content (AvgIpc) is 3.63. The monoisotopic (exact) mass is 826 g/mol. The molecule has 332 valence electrons. The lowest BCUT2D eigenvalue weighted by Gasteiger charge is -2.61. The maximum atomic E-state index is 14.2. The average molecular weight is 826 g/mol. The molecular weight excluding hydrogens is 751 g/mol. The Morgan fingerprint density at radius 3 is 2.36 bits per heavy atom. The topological polar surface area (TPSA) is 125 Å². The molecule has 11 heteroatoms. The summed E-state index contributed by atoms with van der Waals surface area (Å²) >= 11 is 0. The zero-order valence-electron chi connectivity index (χ0n) is 38.5. The molecule has 11 nitrogen and oxygen atoms in total. The molecule has 2 saturated carbocycles. The predicted molar refractivity (Wildman–Crippen MR) is 226 cm³/mol. The Morgan fingerprint density at radius 2 is 1.78 bits per heavy atom. The molecule has 1 amide bonds. The Balaban J connectivity index is 1.43. The molecule has 0 spiro atoms. The smallest absolute Gasteiger partial charge is 0.412 e. The van der Waals surface area contributed by atoms with E-state index < -0.39 is 65.2 Å². The van der Waals surface area contributed by atoms with Gasteiger partial charge in [0.05, 0.1) is 43.2 Å². The molecule has 59 heavy (non-hydrogen) atoms. The molecule has 15 atom stereocenters. The van der Waals surface area contributed by atoms with Gasteiger partial charge in [0.25, 0.3) is 0 Å². The number of benzene rings is 1. The summed E-state index contributed by atoms with van der Waals surface area (Å²) in [5.41, 5.74) is 0.613. The molecule has 3 aliphatic carbocycles. The maximum Gasteiger partial charge on any atom is 0.412 e. The van der Waals surface area contributed by atoms with Crippen molar-refractivity contribution >= 4 is 6.09 Å². The van der Waals surface area contributed by atoms with Gasteiger partial charge in [-0.1, -0.05) is 65.8 Å². The van der Waals surface area contributed by atoms with Crippen LogP contribution in [0, 0.1) is 47.3 Å². The van der Waals surface area contributed by atoms with Gasteiger partial charge in [-0.25, -0.2) is 4.79 Å². The van der Waals surface area contributed by atoms with Crippen LogP contribution in [0.2, 0.25) is 0 Å². The highest BCUT2D eigenvalue weighted by Crippen LogP contribution is 2.70. The number of ether oxygens (including phenoxy) is 7. The Labute approximate surface area is 354 Å². The summed E-state index contributed by atoms with van der Waals surface area (Å²) in [5, 5.41) is 25.1. The van der Waals surface area contributed by atoms with E-state index >= 15 is 0 Å². The number of rotatable bonds is 11. The Hall–Kier alpha value is -2.51. The second kappa shape index (κ2) is 16.6. The van der Waals surface area contributed by atoms with Crippen LogP contribution in [0.5, 0.6) is 5.75 Å². The van der Waals surface area contributed by atoms with E-state index in [1.165, 1.54) is 0 Å². The van der Waals surface area contributed by atoms with E-state index in [1.54, 1.807) is 18.1 Å². The lowest BCUT2D eigenvalue weighted by Crippen LogP contribution is -2.65. The Kier molecular flexibility index (Phi) is 13.0. The van der Waals surface area contributed by atoms with Gasteiger partial charge in [0.1, 0.15) is 17.5 Å². The molecule has 1 aromatic rings. The highest BCUT2D eigenvalue weighted by Gasteiger charge is 2.71. The third-order valence-corrected chi connectivity index (χ3v) is 14.8. The number of fused-ring (bicyclic) bond motifs is 1. The van der Waals surface area contributed by atoms with Gasteiger partial charge in [-0.15, -0.1) is 0 Å². The highest BCUT2D eigenvalue weighted by atomic mass is 16.7. The van der Waals surface area contributed by atoms with E-state index in [4.69, 9.17) is 33.2 Å². The number of aliphatic hydroxyl groups is 2. The second-order valence-corrected chi connectivity index (χ2v) is 20.5. The summed E-state index contributed by atoms with van der Waals surface area (Å²) in [4.78, 5) is 15.9. The van der Waals surface area contributed by atoms with Crippen LogP contribution in [0.4, 0.5) is 4.79 Å². The number of hydrogen-bond acceptors (Lipinski definition) is 10. The standard InChI is InChI=1S/C48H75NO10/c1-17-37-56-36-23-33(54-18-2)27(6)39-30(9)48(46(13,14)52)24-35(28(7)38(48)29(8)41(57-37)47(36,39)15)55-43(50)40-32(21-25(3)4)49(44(51)59-45(10,11)12)42(58-40)31-20-19-26(5)22-34(31)53-16/h17,19-20,22,25,27,29-30,32-33,35-37,39-43,50,52H,1,18,21,23-24H2,2-16H3/t27-,29-,30-,32-,33+,35-,36-,37?,39-,40+,41-,42?,43?,47+,48+/m0/s1. The lowest BCUT2D eigenvalue weighted by atomic mass is 9.49. The van der Waals surface area contributed by atoms with Crippen molar-refractivity contribution in [3.63, 3.8) is 0 Å². The molecule has 4 fully saturated rings. The van der Waals surface area contributed by atoms with Crippen molar-refractivity contribution in [2.24, 2.45) is 40.4 Å². The van der Waals surface area contributed by atoms with Crippen LogP contribution in [0.25, 0.3) is 0 Å². The quantitative estimate of drug-likeness (QED) is 0.165. The molecule has 2 N–H and O–H groups in total. The normalized spacial score (nSPS) is 39.1. The Morgan fingerprint density at radius 1 is 1.10 bits per heavy atom.